The van der Waals surface area contributed by atoms with Crippen LogP contribution in [-0.2, 0) is 21.2 Å². The van der Waals surface area contributed by atoms with Crippen LogP contribution in [0.3, 0.4) is 0 Å². The summed E-state index contributed by atoms with van der Waals surface area (Å²) in [5.41, 5.74) is 2.13. The molecule has 0 atom stereocenters. The van der Waals surface area contributed by atoms with E-state index in [9.17, 15) is 13.2 Å². The number of hydrogen-bond acceptors (Lipinski definition) is 3. The molecular weight excluding hydrogens is 408 g/mol. The molecule has 0 unspecified atom stereocenters. The molecule has 3 rings (SSSR count). The van der Waals surface area contributed by atoms with E-state index in [0.29, 0.717) is 10.7 Å². The quantitative estimate of drug-likeness (QED) is 0.585. The van der Waals surface area contributed by atoms with Gasteiger partial charge in [0.05, 0.1) is 17.0 Å². The molecule has 0 spiro atoms. The van der Waals surface area contributed by atoms with E-state index in [1.807, 2.05) is 30.3 Å². The number of carbonyl (C=O) groups is 1. The summed E-state index contributed by atoms with van der Waals surface area (Å²) in [4.78, 5) is 14.3. The fourth-order valence-electron chi connectivity index (χ4n) is 2.82. The third-order valence-corrected chi connectivity index (χ3v) is 6.70. The number of sulfonamides is 1. The second-order valence-corrected chi connectivity index (χ2v) is 8.96. The van der Waals surface area contributed by atoms with Crippen molar-refractivity contribution >= 4 is 38.9 Å². The Morgan fingerprint density at radius 3 is 2.00 bits per heavy atom. The first-order chi connectivity index (χ1) is 13.8. The second kappa shape index (κ2) is 8.68. The number of anilines is 2. The van der Waals surface area contributed by atoms with Crippen molar-refractivity contribution in [1.29, 1.82) is 0 Å². The van der Waals surface area contributed by atoms with Gasteiger partial charge in [-0.2, -0.15) is 0 Å². The molecule has 0 heterocycles. The third-order valence-electron chi connectivity index (χ3n) is 4.64. The Bertz CT molecular complexity index is 1080. The summed E-state index contributed by atoms with van der Waals surface area (Å²) < 4.78 is 26.8. The van der Waals surface area contributed by atoms with Gasteiger partial charge in [-0.1, -0.05) is 41.9 Å². The molecule has 0 fully saturated rings. The molecule has 0 N–H and O–H groups in total. The molecule has 7 heteroatoms. The number of rotatable bonds is 6. The van der Waals surface area contributed by atoms with Gasteiger partial charge in [-0.05, 0) is 54.1 Å². The van der Waals surface area contributed by atoms with Crippen LogP contribution >= 0.6 is 11.6 Å². The van der Waals surface area contributed by atoms with Crippen molar-refractivity contribution in [3.63, 3.8) is 0 Å². The lowest BCUT2D eigenvalue weighted by Crippen LogP contribution is -2.28. The molecule has 3 aromatic rings. The first-order valence-corrected chi connectivity index (χ1v) is 10.8. The van der Waals surface area contributed by atoms with Crippen molar-refractivity contribution in [2.24, 2.45) is 0 Å². The molecule has 0 saturated heterocycles. The van der Waals surface area contributed by atoms with Crippen LogP contribution < -0.4 is 9.21 Å². The average Bonchev–Trinajstić information content (AvgIpc) is 2.74. The van der Waals surface area contributed by atoms with Crippen LogP contribution in [0, 0.1) is 0 Å². The van der Waals surface area contributed by atoms with E-state index < -0.39 is 10.0 Å². The van der Waals surface area contributed by atoms with Gasteiger partial charge < -0.3 is 4.90 Å². The molecule has 0 bridgehead atoms. The number of benzene rings is 3. The van der Waals surface area contributed by atoms with E-state index in [2.05, 4.69) is 0 Å². The average molecular weight is 429 g/mol. The SMILES string of the molecule is CN(C(=O)Cc1ccc(N(C)S(=O)(=O)c2ccc(Cl)cc2)cc1)c1ccccc1. The monoisotopic (exact) mass is 428 g/mol. The molecule has 0 radical (unpaired) electrons. The summed E-state index contributed by atoms with van der Waals surface area (Å²) in [6.07, 6.45) is 0.222. The summed E-state index contributed by atoms with van der Waals surface area (Å²) in [7, 11) is -0.467. The maximum Gasteiger partial charge on any atom is 0.264 e. The van der Waals surface area contributed by atoms with E-state index in [4.69, 9.17) is 11.6 Å². The number of likely N-dealkylation sites (N-methyl/N-ethyl adjacent to an activating group) is 1. The van der Waals surface area contributed by atoms with E-state index in [0.717, 1.165) is 11.3 Å². The van der Waals surface area contributed by atoms with E-state index >= 15 is 0 Å². The standard InChI is InChI=1S/C22H21ClN2O3S/c1-24(19-6-4-3-5-7-19)22(26)16-17-8-12-20(13-9-17)25(2)29(27,28)21-14-10-18(23)11-15-21/h3-15H,16H2,1-2H3. The van der Waals surface area contributed by atoms with Crippen molar-refractivity contribution in [1.82, 2.24) is 0 Å². The maximum atomic E-state index is 12.8. The number of halogens is 1. The molecule has 29 heavy (non-hydrogen) atoms. The Morgan fingerprint density at radius 1 is 0.828 bits per heavy atom. The largest absolute Gasteiger partial charge is 0.315 e. The van der Waals surface area contributed by atoms with Gasteiger partial charge in [-0.3, -0.25) is 9.10 Å². The fraction of sp³-hybridized carbons (Fsp3) is 0.136. The van der Waals surface area contributed by atoms with Gasteiger partial charge in [0, 0.05) is 24.8 Å². The number of amides is 1. The number of carbonyl (C=O) groups excluding carboxylic acids is 1. The Balaban J connectivity index is 1.72. The fourth-order valence-corrected chi connectivity index (χ4v) is 4.14. The maximum absolute atomic E-state index is 12.8. The van der Waals surface area contributed by atoms with Crippen LogP contribution in [0.2, 0.25) is 5.02 Å². The predicted molar refractivity (Wildman–Crippen MR) is 117 cm³/mol. The lowest BCUT2D eigenvalue weighted by atomic mass is 10.1. The summed E-state index contributed by atoms with van der Waals surface area (Å²) in [6.45, 7) is 0. The highest BCUT2D eigenvalue weighted by Gasteiger charge is 2.21. The molecule has 0 aliphatic carbocycles. The van der Waals surface area contributed by atoms with Crippen LogP contribution in [0.5, 0.6) is 0 Å². The molecule has 5 nitrogen and oxygen atoms in total. The molecular formula is C22H21ClN2O3S. The number of para-hydroxylation sites is 1. The van der Waals surface area contributed by atoms with Gasteiger partial charge in [0.2, 0.25) is 5.91 Å². The highest BCUT2D eigenvalue weighted by Crippen LogP contribution is 2.24. The molecule has 0 saturated carbocycles. The summed E-state index contributed by atoms with van der Waals surface area (Å²) in [5.74, 6) is -0.0499. The van der Waals surface area contributed by atoms with Gasteiger partial charge in [-0.15, -0.1) is 0 Å². The van der Waals surface area contributed by atoms with Crippen LogP contribution in [0.25, 0.3) is 0 Å². The lowest BCUT2D eigenvalue weighted by molar-refractivity contribution is -0.117. The van der Waals surface area contributed by atoms with Gasteiger partial charge >= 0.3 is 0 Å². The minimum atomic E-state index is -3.69. The van der Waals surface area contributed by atoms with Crippen molar-refractivity contribution in [3.8, 4) is 0 Å². The normalized spacial score (nSPS) is 11.1. The van der Waals surface area contributed by atoms with E-state index in [-0.39, 0.29) is 17.2 Å². The summed E-state index contributed by atoms with van der Waals surface area (Å²) >= 11 is 5.84. The smallest absolute Gasteiger partial charge is 0.264 e. The topological polar surface area (TPSA) is 57.7 Å². The highest BCUT2D eigenvalue weighted by molar-refractivity contribution is 7.92. The van der Waals surface area contributed by atoms with Crippen molar-refractivity contribution in [3.05, 3.63) is 89.4 Å². The molecule has 0 aliphatic rings. The zero-order valence-corrected chi connectivity index (χ0v) is 17.7. The number of hydrogen-bond donors (Lipinski definition) is 0. The van der Waals surface area contributed by atoms with Crippen LogP contribution in [0.1, 0.15) is 5.56 Å². The van der Waals surface area contributed by atoms with Gasteiger partial charge in [0.15, 0.2) is 0 Å². The first-order valence-electron chi connectivity index (χ1n) is 8.94. The summed E-state index contributed by atoms with van der Waals surface area (Å²) in [6, 6.07) is 22.3. The van der Waals surface area contributed by atoms with E-state index in [1.54, 1.807) is 48.3 Å². The van der Waals surface area contributed by atoms with Crippen LogP contribution in [0.4, 0.5) is 11.4 Å². The number of nitrogens with zero attached hydrogens (tertiary/aromatic N) is 2. The van der Waals surface area contributed by atoms with Gasteiger partial charge in [0.1, 0.15) is 0 Å². The minimum Gasteiger partial charge on any atom is -0.315 e. The molecule has 0 aliphatic heterocycles. The van der Waals surface area contributed by atoms with E-state index in [1.165, 1.54) is 23.5 Å². The minimum absolute atomic E-state index is 0.0499. The zero-order chi connectivity index (χ0) is 21.0. The van der Waals surface area contributed by atoms with Crippen molar-refractivity contribution in [2.45, 2.75) is 11.3 Å². The second-order valence-electron chi connectivity index (χ2n) is 6.56. The van der Waals surface area contributed by atoms with Crippen molar-refractivity contribution < 1.29 is 13.2 Å². The van der Waals surface area contributed by atoms with Crippen LogP contribution in [-0.4, -0.2) is 28.4 Å². The first kappa shape index (κ1) is 20.9. The Kier molecular flexibility index (Phi) is 6.25. The predicted octanol–water partition coefficient (Wildman–Crippen LogP) is 4.37. The molecule has 150 valence electrons. The Hall–Kier alpha value is -2.83. The Morgan fingerprint density at radius 2 is 1.41 bits per heavy atom. The van der Waals surface area contributed by atoms with Crippen LogP contribution in [0.15, 0.2) is 83.8 Å². The third kappa shape index (κ3) is 4.78. The Labute approximate surface area is 176 Å². The highest BCUT2D eigenvalue weighted by atomic mass is 35.5. The van der Waals surface area contributed by atoms with Gasteiger partial charge in [-0.25, -0.2) is 8.42 Å². The van der Waals surface area contributed by atoms with Crippen molar-refractivity contribution in [2.75, 3.05) is 23.3 Å². The molecule has 1 amide bonds. The summed E-state index contributed by atoms with van der Waals surface area (Å²) in [5, 5.41) is 0.473. The van der Waals surface area contributed by atoms with Gasteiger partial charge in [0.25, 0.3) is 10.0 Å². The molecule has 3 aromatic carbocycles. The molecule has 0 aromatic heterocycles. The zero-order valence-electron chi connectivity index (χ0n) is 16.1. The lowest BCUT2D eigenvalue weighted by Gasteiger charge is -2.20.